The van der Waals surface area contributed by atoms with Crippen LogP contribution in [-0.2, 0) is 17.8 Å². The standard InChI is InChI=1S/C19H24ClN3O2S.2ClH/c1-13(21)17-4-2-3-9-23(17)19(24)10-15-12-26-18(22-15)11-25-16-7-5-14(20)6-8-16;;/h5-8,12-13,17H,2-4,9-11,21H2,1H3;2*1H. The Labute approximate surface area is 187 Å². The van der Waals surface area contributed by atoms with Crippen molar-refractivity contribution in [2.75, 3.05) is 6.54 Å². The molecule has 0 saturated carbocycles. The monoisotopic (exact) mass is 465 g/mol. The Hall–Kier alpha value is -1.05. The van der Waals surface area contributed by atoms with Gasteiger partial charge in [0.15, 0.2) is 0 Å². The summed E-state index contributed by atoms with van der Waals surface area (Å²) in [5.74, 6) is 0.859. The van der Waals surface area contributed by atoms with E-state index >= 15 is 0 Å². The molecule has 9 heteroatoms. The van der Waals surface area contributed by atoms with Crippen LogP contribution in [0.3, 0.4) is 0 Å². The number of nitrogens with two attached hydrogens (primary N) is 1. The Balaban J connectivity index is 0.00000196. The summed E-state index contributed by atoms with van der Waals surface area (Å²) in [5.41, 5.74) is 6.86. The number of ether oxygens (including phenoxy) is 1. The number of carbonyl (C=O) groups excluding carboxylic acids is 1. The van der Waals surface area contributed by atoms with Gasteiger partial charge in [-0.25, -0.2) is 4.98 Å². The van der Waals surface area contributed by atoms with Crippen LogP contribution in [0.4, 0.5) is 0 Å². The van der Waals surface area contributed by atoms with Crippen molar-refractivity contribution < 1.29 is 9.53 Å². The average Bonchev–Trinajstić information content (AvgIpc) is 3.08. The Bertz CT molecular complexity index is 740. The number of hydrogen-bond acceptors (Lipinski definition) is 5. The van der Waals surface area contributed by atoms with Gasteiger partial charge in [0.1, 0.15) is 17.4 Å². The minimum atomic E-state index is -0.00183. The molecular weight excluding hydrogens is 441 g/mol. The molecule has 0 aliphatic carbocycles. The number of thiazole rings is 1. The predicted molar refractivity (Wildman–Crippen MR) is 119 cm³/mol. The molecule has 1 aliphatic heterocycles. The fourth-order valence-corrected chi connectivity index (χ4v) is 4.07. The van der Waals surface area contributed by atoms with Crippen LogP contribution >= 0.6 is 47.8 Å². The van der Waals surface area contributed by atoms with E-state index in [9.17, 15) is 4.79 Å². The molecule has 1 aromatic carbocycles. The zero-order valence-electron chi connectivity index (χ0n) is 15.7. The summed E-state index contributed by atoms with van der Waals surface area (Å²) in [4.78, 5) is 19.2. The highest BCUT2D eigenvalue weighted by Crippen LogP contribution is 2.22. The van der Waals surface area contributed by atoms with Crippen molar-refractivity contribution >= 4 is 53.7 Å². The third-order valence-electron chi connectivity index (χ3n) is 4.58. The fraction of sp³-hybridized carbons (Fsp3) is 0.474. The first-order valence-electron chi connectivity index (χ1n) is 8.89. The van der Waals surface area contributed by atoms with Crippen molar-refractivity contribution in [3.8, 4) is 5.75 Å². The van der Waals surface area contributed by atoms with Crippen LogP contribution in [-0.4, -0.2) is 34.4 Å². The minimum Gasteiger partial charge on any atom is -0.486 e. The summed E-state index contributed by atoms with van der Waals surface area (Å²) in [6, 6.07) is 7.36. The van der Waals surface area contributed by atoms with Gasteiger partial charge in [0.05, 0.1) is 12.1 Å². The first-order chi connectivity index (χ1) is 12.5. The maximum Gasteiger partial charge on any atom is 0.228 e. The van der Waals surface area contributed by atoms with Crippen molar-refractivity contribution in [1.82, 2.24) is 9.88 Å². The molecule has 2 atom stereocenters. The Morgan fingerprint density at radius 1 is 1.36 bits per heavy atom. The largest absolute Gasteiger partial charge is 0.486 e. The SMILES string of the molecule is CC(N)C1CCCCN1C(=O)Cc1csc(COc2ccc(Cl)cc2)n1.Cl.Cl. The van der Waals surface area contributed by atoms with Crippen LogP contribution in [0.25, 0.3) is 0 Å². The fourth-order valence-electron chi connectivity index (χ4n) is 3.24. The Morgan fingerprint density at radius 3 is 2.75 bits per heavy atom. The van der Waals surface area contributed by atoms with E-state index in [1.807, 2.05) is 29.3 Å². The summed E-state index contributed by atoms with van der Waals surface area (Å²) in [7, 11) is 0. The molecule has 2 aromatic rings. The number of rotatable bonds is 6. The van der Waals surface area contributed by atoms with Gasteiger partial charge in [0, 0.05) is 29.0 Å². The molecular formula is C19H26Cl3N3O2S. The van der Waals surface area contributed by atoms with Gasteiger partial charge in [0.25, 0.3) is 0 Å². The first kappa shape index (κ1) is 25.0. The van der Waals surface area contributed by atoms with E-state index in [2.05, 4.69) is 4.98 Å². The molecule has 5 nitrogen and oxygen atoms in total. The topological polar surface area (TPSA) is 68.5 Å². The van der Waals surface area contributed by atoms with Crippen LogP contribution in [0.2, 0.25) is 5.02 Å². The van der Waals surface area contributed by atoms with E-state index in [1.54, 1.807) is 12.1 Å². The maximum atomic E-state index is 12.7. The number of amides is 1. The lowest BCUT2D eigenvalue weighted by molar-refractivity contribution is -0.134. The average molecular weight is 467 g/mol. The van der Waals surface area contributed by atoms with Gasteiger partial charge in [-0.1, -0.05) is 11.6 Å². The van der Waals surface area contributed by atoms with E-state index in [1.165, 1.54) is 11.3 Å². The molecule has 1 amide bonds. The molecule has 0 bridgehead atoms. The van der Waals surface area contributed by atoms with Gasteiger partial charge in [0.2, 0.25) is 5.91 Å². The normalized spacial score (nSPS) is 17.2. The summed E-state index contributed by atoms with van der Waals surface area (Å²) in [5, 5.41) is 3.46. The number of likely N-dealkylation sites (tertiary alicyclic amines) is 1. The molecule has 1 fully saturated rings. The second-order valence-electron chi connectivity index (χ2n) is 6.66. The van der Waals surface area contributed by atoms with E-state index in [0.717, 1.165) is 42.3 Å². The number of carbonyl (C=O) groups is 1. The summed E-state index contributed by atoms with van der Waals surface area (Å²) in [6.07, 6.45) is 3.49. The van der Waals surface area contributed by atoms with Crippen molar-refractivity contribution in [2.45, 2.75) is 51.3 Å². The predicted octanol–water partition coefficient (Wildman–Crippen LogP) is 4.49. The lowest BCUT2D eigenvalue weighted by atomic mass is 9.96. The summed E-state index contributed by atoms with van der Waals surface area (Å²) in [6.45, 7) is 3.15. The smallest absolute Gasteiger partial charge is 0.228 e. The van der Waals surface area contributed by atoms with Crippen LogP contribution in [0, 0.1) is 0 Å². The van der Waals surface area contributed by atoms with Crippen molar-refractivity contribution in [1.29, 1.82) is 0 Å². The molecule has 2 heterocycles. The highest BCUT2D eigenvalue weighted by atomic mass is 35.5. The maximum absolute atomic E-state index is 12.7. The zero-order chi connectivity index (χ0) is 18.5. The molecule has 1 aliphatic rings. The first-order valence-corrected chi connectivity index (χ1v) is 10.2. The highest BCUT2D eigenvalue weighted by Gasteiger charge is 2.29. The van der Waals surface area contributed by atoms with Crippen LogP contribution in [0.15, 0.2) is 29.6 Å². The van der Waals surface area contributed by atoms with Crippen LogP contribution in [0.1, 0.15) is 36.9 Å². The lowest BCUT2D eigenvalue weighted by Gasteiger charge is -2.38. The second-order valence-corrected chi connectivity index (χ2v) is 8.04. The molecule has 0 spiro atoms. The Morgan fingerprint density at radius 2 is 2.07 bits per heavy atom. The quantitative estimate of drug-likeness (QED) is 0.681. The zero-order valence-corrected chi connectivity index (χ0v) is 18.9. The van der Waals surface area contributed by atoms with Gasteiger partial charge in [-0.3, -0.25) is 4.79 Å². The minimum absolute atomic E-state index is 0. The van der Waals surface area contributed by atoms with Crippen LogP contribution in [0.5, 0.6) is 5.75 Å². The third-order valence-corrected chi connectivity index (χ3v) is 5.71. The molecule has 3 rings (SSSR count). The second kappa shape index (κ2) is 11.8. The number of aromatic nitrogens is 1. The molecule has 0 radical (unpaired) electrons. The summed E-state index contributed by atoms with van der Waals surface area (Å²) >= 11 is 7.37. The molecule has 2 unspecified atom stereocenters. The molecule has 156 valence electrons. The highest BCUT2D eigenvalue weighted by molar-refractivity contribution is 7.09. The third kappa shape index (κ3) is 6.78. The molecule has 2 N–H and O–H groups in total. The number of nitrogens with zero attached hydrogens (tertiary/aromatic N) is 2. The summed E-state index contributed by atoms with van der Waals surface area (Å²) < 4.78 is 5.71. The Kier molecular flexibility index (Phi) is 10.6. The number of piperidine rings is 1. The van der Waals surface area contributed by atoms with E-state index in [4.69, 9.17) is 22.1 Å². The van der Waals surface area contributed by atoms with Gasteiger partial charge in [-0.15, -0.1) is 36.2 Å². The molecule has 1 aromatic heterocycles. The van der Waals surface area contributed by atoms with E-state index in [0.29, 0.717) is 18.1 Å². The number of hydrogen-bond donors (Lipinski definition) is 1. The van der Waals surface area contributed by atoms with E-state index < -0.39 is 0 Å². The number of benzene rings is 1. The van der Waals surface area contributed by atoms with Crippen molar-refractivity contribution in [3.63, 3.8) is 0 Å². The van der Waals surface area contributed by atoms with E-state index in [-0.39, 0.29) is 42.8 Å². The van der Waals surface area contributed by atoms with Gasteiger partial charge >= 0.3 is 0 Å². The van der Waals surface area contributed by atoms with Crippen molar-refractivity contribution in [2.24, 2.45) is 5.73 Å². The number of halogens is 3. The van der Waals surface area contributed by atoms with Gasteiger partial charge < -0.3 is 15.4 Å². The molecule has 1 saturated heterocycles. The van der Waals surface area contributed by atoms with Crippen molar-refractivity contribution in [3.05, 3.63) is 45.4 Å². The lowest BCUT2D eigenvalue weighted by Crippen LogP contribution is -2.52. The molecule has 28 heavy (non-hydrogen) atoms. The van der Waals surface area contributed by atoms with Crippen LogP contribution < -0.4 is 10.5 Å². The van der Waals surface area contributed by atoms with Gasteiger partial charge in [-0.05, 0) is 50.5 Å². The van der Waals surface area contributed by atoms with Gasteiger partial charge in [-0.2, -0.15) is 0 Å².